The van der Waals surface area contributed by atoms with Crippen LogP contribution in [0.2, 0.25) is 0 Å². The molecule has 0 fully saturated rings. The molecule has 0 spiro atoms. The quantitative estimate of drug-likeness (QED) is 0.856. The summed E-state index contributed by atoms with van der Waals surface area (Å²) in [7, 11) is 0. The van der Waals surface area contributed by atoms with E-state index < -0.39 is 5.91 Å². The minimum Gasteiger partial charge on any atom is -0.456 e. The Bertz CT molecular complexity index is 582. The van der Waals surface area contributed by atoms with Gasteiger partial charge in [0.2, 0.25) is 5.91 Å². The van der Waals surface area contributed by atoms with Gasteiger partial charge in [-0.3, -0.25) is 4.79 Å². The van der Waals surface area contributed by atoms with Gasteiger partial charge in [-0.25, -0.2) is 0 Å². The third kappa shape index (κ3) is 2.81. The molecule has 2 aromatic carbocycles. The maximum atomic E-state index is 10.9. The predicted molar refractivity (Wildman–Crippen MR) is 73.6 cm³/mol. The Morgan fingerprint density at radius 1 is 1.11 bits per heavy atom. The maximum absolute atomic E-state index is 10.9. The number of benzene rings is 2. The first kappa shape index (κ1) is 12.4. The molecular formula is C13H11BrN2O2. The molecule has 0 saturated heterocycles. The normalized spacial score (nSPS) is 10.1. The molecular weight excluding hydrogens is 296 g/mol. The fraction of sp³-hybridized carbons (Fsp3) is 0. The predicted octanol–water partition coefficient (Wildman–Crippen LogP) is 2.92. The molecule has 2 rings (SSSR count). The van der Waals surface area contributed by atoms with E-state index >= 15 is 0 Å². The van der Waals surface area contributed by atoms with Crippen LogP contribution in [0.15, 0.2) is 46.9 Å². The van der Waals surface area contributed by atoms with Gasteiger partial charge in [0.15, 0.2) is 0 Å². The average Bonchev–Trinajstić information content (AvgIpc) is 2.33. The largest absolute Gasteiger partial charge is 0.456 e. The highest BCUT2D eigenvalue weighted by molar-refractivity contribution is 9.10. The van der Waals surface area contributed by atoms with Gasteiger partial charge in [-0.15, -0.1) is 0 Å². The van der Waals surface area contributed by atoms with Gasteiger partial charge in [0.1, 0.15) is 11.5 Å². The second-order valence-electron chi connectivity index (χ2n) is 3.68. The average molecular weight is 307 g/mol. The van der Waals surface area contributed by atoms with Crippen LogP contribution in [-0.4, -0.2) is 5.91 Å². The van der Waals surface area contributed by atoms with Gasteiger partial charge in [0, 0.05) is 11.3 Å². The summed E-state index contributed by atoms with van der Waals surface area (Å²) in [4.78, 5) is 10.9. The summed E-state index contributed by atoms with van der Waals surface area (Å²) in [5, 5.41) is 0. The smallest absolute Gasteiger partial charge is 0.248 e. The molecule has 0 heterocycles. The van der Waals surface area contributed by atoms with Crippen LogP contribution in [0.5, 0.6) is 11.5 Å². The summed E-state index contributed by atoms with van der Waals surface area (Å²) in [6, 6.07) is 11.9. The molecule has 0 radical (unpaired) electrons. The van der Waals surface area contributed by atoms with E-state index in [-0.39, 0.29) is 0 Å². The Hall–Kier alpha value is -2.01. The molecule has 0 bridgehead atoms. The van der Waals surface area contributed by atoms with E-state index in [4.69, 9.17) is 16.2 Å². The molecule has 0 aromatic heterocycles. The topological polar surface area (TPSA) is 78.3 Å². The second-order valence-corrected chi connectivity index (χ2v) is 4.53. The summed E-state index contributed by atoms with van der Waals surface area (Å²) in [5.74, 6) is 0.803. The summed E-state index contributed by atoms with van der Waals surface area (Å²) in [6.45, 7) is 0. The Kier molecular flexibility index (Phi) is 3.53. The highest BCUT2D eigenvalue weighted by Crippen LogP contribution is 2.31. The van der Waals surface area contributed by atoms with Crippen molar-refractivity contribution < 1.29 is 9.53 Å². The number of amides is 1. The summed E-state index contributed by atoms with van der Waals surface area (Å²) in [5.41, 5.74) is 11.9. The number of carbonyl (C=O) groups excluding carboxylic acids is 1. The molecule has 0 aliphatic carbocycles. The SMILES string of the molecule is NC(=O)c1ccc(Oc2ccc(N)cc2Br)cc1. The van der Waals surface area contributed by atoms with Crippen LogP contribution in [0.1, 0.15) is 10.4 Å². The first-order chi connectivity index (χ1) is 8.56. The molecule has 5 heteroatoms. The Morgan fingerprint density at radius 2 is 1.78 bits per heavy atom. The first-order valence-corrected chi connectivity index (χ1v) is 5.98. The third-order valence-corrected chi connectivity index (χ3v) is 2.94. The van der Waals surface area contributed by atoms with Crippen LogP contribution in [0.4, 0.5) is 5.69 Å². The van der Waals surface area contributed by atoms with E-state index in [1.54, 1.807) is 42.5 Å². The Labute approximate surface area is 113 Å². The molecule has 0 atom stereocenters. The second kappa shape index (κ2) is 5.10. The van der Waals surface area contributed by atoms with E-state index in [0.717, 1.165) is 4.47 Å². The first-order valence-electron chi connectivity index (χ1n) is 5.19. The van der Waals surface area contributed by atoms with Crippen molar-refractivity contribution in [3.8, 4) is 11.5 Å². The molecule has 1 amide bonds. The third-order valence-electron chi connectivity index (χ3n) is 2.32. The molecule has 0 aliphatic rings. The van der Waals surface area contributed by atoms with Gasteiger partial charge in [-0.2, -0.15) is 0 Å². The number of nitrogens with two attached hydrogens (primary N) is 2. The number of anilines is 1. The van der Waals surface area contributed by atoms with Crippen molar-refractivity contribution in [1.29, 1.82) is 0 Å². The number of hydrogen-bond acceptors (Lipinski definition) is 3. The van der Waals surface area contributed by atoms with Crippen molar-refractivity contribution in [3.63, 3.8) is 0 Å². The monoisotopic (exact) mass is 306 g/mol. The van der Waals surface area contributed by atoms with Gasteiger partial charge >= 0.3 is 0 Å². The lowest BCUT2D eigenvalue weighted by atomic mass is 10.2. The number of carbonyl (C=O) groups is 1. The zero-order chi connectivity index (χ0) is 13.1. The van der Waals surface area contributed by atoms with Gasteiger partial charge in [0.05, 0.1) is 4.47 Å². The van der Waals surface area contributed by atoms with Gasteiger partial charge in [0.25, 0.3) is 0 Å². The maximum Gasteiger partial charge on any atom is 0.248 e. The molecule has 18 heavy (non-hydrogen) atoms. The minimum absolute atomic E-state index is 0.443. The molecule has 4 nitrogen and oxygen atoms in total. The van der Waals surface area contributed by atoms with Crippen molar-refractivity contribution in [2.75, 3.05) is 5.73 Å². The lowest BCUT2D eigenvalue weighted by molar-refractivity contribution is 0.100. The van der Waals surface area contributed by atoms with E-state index in [0.29, 0.717) is 22.7 Å². The summed E-state index contributed by atoms with van der Waals surface area (Å²) < 4.78 is 6.41. The van der Waals surface area contributed by atoms with Crippen LogP contribution in [0.25, 0.3) is 0 Å². The number of hydrogen-bond donors (Lipinski definition) is 2. The number of rotatable bonds is 3. The molecule has 0 unspecified atom stereocenters. The van der Waals surface area contributed by atoms with Crippen LogP contribution >= 0.6 is 15.9 Å². The molecule has 2 aromatic rings. The molecule has 4 N–H and O–H groups in total. The lowest BCUT2D eigenvalue weighted by Gasteiger charge is -2.08. The van der Waals surface area contributed by atoms with Crippen molar-refractivity contribution in [1.82, 2.24) is 0 Å². The van der Waals surface area contributed by atoms with E-state index in [9.17, 15) is 4.79 Å². The van der Waals surface area contributed by atoms with Gasteiger partial charge in [-0.05, 0) is 58.4 Å². The Morgan fingerprint density at radius 3 is 2.33 bits per heavy atom. The van der Waals surface area contributed by atoms with E-state index in [1.165, 1.54) is 0 Å². The summed E-state index contributed by atoms with van der Waals surface area (Å²) in [6.07, 6.45) is 0. The fourth-order valence-electron chi connectivity index (χ4n) is 1.41. The van der Waals surface area contributed by atoms with Crippen molar-refractivity contribution in [3.05, 3.63) is 52.5 Å². The van der Waals surface area contributed by atoms with Crippen LogP contribution in [-0.2, 0) is 0 Å². The van der Waals surface area contributed by atoms with Gasteiger partial charge in [-0.1, -0.05) is 0 Å². The lowest BCUT2D eigenvalue weighted by Crippen LogP contribution is -2.10. The number of nitrogen functional groups attached to an aromatic ring is 1. The zero-order valence-corrected chi connectivity index (χ0v) is 11.0. The fourth-order valence-corrected chi connectivity index (χ4v) is 1.89. The highest BCUT2D eigenvalue weighted by Gasteiger charge is 2.04. The molecule has 0 aliphatic heterocycles. The van der Waals surface area contributed by atoms with E-state index in [2.05, 4.69) is 15.9 Å². The number of primary amides is 1. The van der Waals surface area contributed by atoms with Crippen LogP contribution < -0.4 is 16.2 Å². The van der Waals surface area contributed by atoms with Crippen LogP contribution in [0, 0.1) is 0 Å². The van der Waals surface area contributed by atoms with Crippen molar-refractivity contribution >= 4 is 27.5 Å². The standard InChI is InChI=1S/C13H11BrN2O2/c14-11-7-9(15)3-6-12(11)18-10-4-1-8(2-5-10)13(16)17/h1-7H,15H2,(H2,16,17). The van der Waals surface area contributed by atoms with Gasteiger partial charge < -0.3 is 16.2 Å². The number of ether oxygens (including phenoxy) is 1. The highest BCUT2D eigenvalue weighted by atomic mass is 79.9. The van der Waals surface area contributed by atoms with Crippen molar-refractivity contribution in [2.45, 2.75) is 0 Å². The number of halogens is 1. The zero-order valence-electron chi connectivity index (χ0n) is 9.39. The van der Waals surface area contributed by atoms with Crippen molar-refractivity contribution in [2.24, 2.45) is 5.73 Å². The molecule has 92 valence electrons. The minimum atomic E-state index is -0.463. The Balaban J connectivity index is 2.21. The van der Waals surface area contributed by atoms with Crippen LogP contribution in [0.3, 0.4) is 0 Å². The molecule has 0 saturated carbocycles. The summed E-state index contributed by atoms with van der Waals surface area (Å²) >= 11 is 3.36. The van der Waals surface area contributed by atoms with E-state index in [1.807, 2.05) is 0 Å².